The Morgan fingerprint density at radius 3 is 3.00 bits per heavy atom. The highest BCUT2D eigenvalue weighted by Gasteiger charge is 2.20. The SMILES string of the molecule is CN(C)CC1CNCc2ccc(Cl)cc21. The number of likely N-dealkylation sites (N-methyl/N-ethyl adjacent to an activating group) is 1. The van der Waals surface area contributed by atoms with Crippen molar-refractivity contribution < 1.29 is 0 Å². The first kappa shape index (κ1) is 10.9. The van der Waals surface area contributed by atoms with Gasteiger partial charge >= 0.3 is 0 Å². The molecule has 1 aromatic carbocycles. The van der Waals surface area contributed by atoms with Gasteiger partial charge in [-0.15, -0.1) is 0 Å². The largest absolute Gasteiger partial charge is 0.312 e. The number of nitrogens with zero attached hydrogens (tertiary/aromatic N) is 1. The highest BCUT2D eigenvalue weighted by Crippen LogP contribution is 2.27. The maximum absolute atomic E-state index is 6.04. The fourth-order valence-corrected chi connectivity index (χ4v) is 2.38. The highest BCUT2D eigenvalue weighted by molar-refractivity contribution is 6.30. The summed E-state index contributed by atoms with van der Waals surface area (Å²) in [5, 5.41) is 4.29. The summed E-state index contributed by atoms with van der Waals surface area (Å²) in [7, 11) is 4.22. The van der Waals surface area contributed by atoms with Gasteiger partial charge in [-0.3, -0.25) is 0 Å². The van der Waals surface area contributed by atoms with Crippen LogP contribution in [0.25, 0.3) is 0 Å². The molecule has 1 unspecified atom stereocenters. The molecule has 0 fully saturated rings. The molecule has 2 rings (SSSR count). The van der Waals surface area contributed by atoms with Crippen molar-refractivity contribution in [3.63, 3.8) is 0 Å². The number of nitrogens with one attached hydrogen (secondary N) is 1. The Balaban J connectivity index is 2.28. The molecule has 0 aromatic heterocycles. The van der Waals surface area contributed by atoms with E-state index in [-0.39, 0.29) is 0 Å². The van der Waals surface area contributed by atoms with Crippen LogP contribution in [0.1, 0.15) is 17.0 Å². The van der Waals surface area contributed by atoms with Crippen LogP contribution in [0, 0.1) is 0 Å². The van der Waals surface area contributed by atoms with Crippen LogP contribution in [0.15, 0.2) is 18.2 Å². The van der Waals surface area contributed by atoms with E-state index in [9.17, 15) is 0 Å². The Labute approximate surface area is 96.2 Å². The topological polar surface area (TPSA) is 15.3 Å². The summed E-state index contributed by atoms with van der Waals surface area (Å²) in [4.78, 5) is 2.22. The lowest BCUT2D eigenvalue weighted by Crippen LogP contribution is -2.34. The second-order valence-electron chi connectivity index (χ2n) is 4.43. The maximum atomic E-state index is 6.04. The number of fused-ring (bicyclic) bond motifs is 1. The number of hydrogen-bond acceptors (Lipinski definition) is 2. The molecule has 3 heteroatoms. The Bertz CT molecular complexity index is 349. The zero-order valence-electron chi connectivity index (χ0n) is 9.26. The van der Waals surface area contributed by atoms with Crippen LogP contribution < -0.4 is 5.32 Å². The molecule has 0 radical (unpaired) electrons. The summed E-state index contributed by atoms with van der Waals surface area (Å²) >= 11 is 6.04. The van der Waals surface area contributed by atoms with Crippen LogP contribution in [0.3, 0.4) is 0 Å². The molecular weight excluding hydrogens is 208 g/mol. The Hall–Kier alpha value is -0.570. The minimum Gasteiger partial charge on any atom is -0.312 e. The zero-order chi connectivity index (χ0) is 10.8. The van der Waals surface area contributed by atoms with Gasteiger partial charge in [-0.05, 0) is 37.4 Å². The molecule has 1 N–H and O–H groups in total. The summed E-state index contributed by atoms with van der Waals surface area (Å²) in [6.07, 6.45) is 0. The quantitative estimate of drug-likeness (QED) is 0.828. The molecule has 0 aliphatic carbocycles. The molecule has 1 atom stereocenters. The van der Waals surface area contributed by atoms with Gasteiger partial charge in [0.1, 0.15) is 0 Å². The van der Waals surface area contributed by atoms with E-state index in [4.69, 9.17) is 11.6 Å². The van der Waals surface area contributed by atoms with Crippen LogP contribution in [0.5, 0.6) is 0 Å². The van der Waals surface area contributed by atoms with Gasteiger partial charge in [-0.2, -0.15) is 0 Å². The second kappa shape index (κ2) is 4.52. The summed E-state index contributed by atoms with van der Waals surface area (Å²) in [6, 6.07) is 6.22. The first-order valence-corrected chi connectivity index (χ1v) is 5.68. The first-order chi connectivity index (χ1) is 7.16. The van der Waals surface area contributed by atoms with Gasteiger partial charge in [-0.1, -0.05) is 17.7 Å². The van der Waals surface area contributed by atoms with E-state index in [0.29, 0.717) is 5.92 Å². The standard InChI is InChI=1S/C12H17ClN2/c1-15(2)8-10-7-14-6-9-3-4-11(13)5-12(9)10/h3-5,10,14H,6-8H2,1-2H3. The van der Waals surface area contributed by atoms with Crippen molar-refractivity contribution in [2.75, 3.05) is 27.2 Å². The molecule has 0 bridgehead atoms. The summed E-state index contributed by atoms with van der Waals surface area (Å²) in [6.45, 7) is 3.09. The van der Waals surface area contributed by atoms with Crippen molar-refractivity contribution in [3.05, 3.63) is 34.3 Å². The third-order valence-corrected chi connectivity index (χ3v) is 3.07. The maximum Gasteiger partial charge on any atom is 0.0409 e. The van der Waals surface area contributed by atoms with Crippen LogP contribution >= 0.6 is 11.6 Å². The molecule has 1 heterocycles. The van der Waals surface area contributed by atoms with E-state index >= 15 is 0 Å². The monoisotopic (exact) mass is 224 g/mol. The third-order valence-electron chi connectivity index (χ3n) is 2.84. The molecule has 1 aromatic rings. The number of halogens is 1. The third kappa shape index (κ3) is 2.51. The molecule has 1 aliphatic heterocycles. The summed E-state index contributed by atoms with van der Waals surface area (Å²) in [5.74, 6) is 0.558. The van der Waals surface area contributed by atoms with E-state index in [0.717, 1.165) is 24.7 Å². The molecule has 1 aliphatic rings. The fraction of sp³-hybridized carbons (Fsp3) is 0.500. The first-order valence-electron chi connectivity index (χ1n) is 5.30. The van der Waals surface area contributed by atoms with Gasteiger partial charge < -0.3 is 10.2 Å². The number of rotatable bonds is 2. The van der Waals surface area contributed by atoms with Crippen LogP contribution in [-0.4, -0.2) is 32.1 Å². The smallest absolute Gasteiger partial charge is 0.0409 e. The Morgan fingerprint density at radius 2 is 2.27 bits per heavy atom. The predicted octanol–water partition coefficient (Wildman–Crippen LogP) is 2.09. The summed E-state index contributed by atoms with van der Waals surface area (Å²) < 4.78 is 0. The van der Waals surface area contributed by atoms with Gasteiger partial charge in [0.2, 0.25) is 0 Å². The van der Waals surface area contributed by atoms with E-state index in [1.165, 1.54) is 11.1 Å². The van der Waals surface area contributed by atoms with Crippen molar-refractivity contribution in [1.82, 2.24) is 10.2 Å². The van der Waals surface area contributed by atoms with Crippen LogP contribution in [-0.2, 0) is 6.54 Å². The van der Waals surface area contributed by atoms with Crippen LogP contribution in [0.4, 0.5) is 0 Å². The van der Waals surface area contributed by atoms with Gasteiger partial charge in [0.05, 0.1) is 0 Å². The van der Waals surface area contributed by atoms with Gasteiger partial charge in [0.25, 0.3) is 0 Å². The normalized spacial score (nSPS) is 20.4. The van der Waals surface area contributed by atoms with Crippen molar-refractivity contribution in [3.8, 4) is 0 Å². The average molecular weight is 225 g/mol. The Morgan fingerprint density at radius 1 is 1.47 bits per heavy atom. The molecule has 0 saturated heterocycles. The second-order valence-corrected chi connectivity index (χ2v) is 4.87. The molecule has 82 valence electrons. The lowest BCUT2D eigenvalue weighted by molar-refractivity contribution is 0.355. The molecule has 0 spiro atoms. The van der Waals surface area contributed by atoms with Gasteiger partial charge in [-0.25, -0.2) is 0 Å². The van der Waals surface area contributed by atoms with Crippen LogP contribution in [0.2, 0.25) is 5.02 Å². The van der Waals surface area contributed by atoms with Gasteiger partial charge in [0.15, 0.2) is 0 Å². The molecule has 2 nitrogen and oxygen atoms in total. The predicted molar refractivity (Wildman–Crippen MR) is 64.5 cm³/mol. The minimum absolute atomic E-state index is 0.558. The van der Waals surface area contributed by atoms with E-state index in [1.807, 2.05) is 6.07 Å². The fourth-order valence-electron chi connectivity index (χ4n) is 2.20. The minimum atomic E-state index is 0.558. The summed E-state index contributed by atoms with van der Waals surface area (Å²) in [5.41, 5.74) is 2.80. The molecule has 0 saturated carbocycles. The van der Waals surface area contributed by atoms with E-state index in [1.54, 1.807) is 0 Å². The Kier molecular flexibility index (Phi) is 3.29. The van der Waals surface area contributed by atoms with Crippen molar-refractivity contribution in [1.29, 1.82) is 0 Å². The number of benzene rings is 1. The molecular formula is C12H17ClN2. The van der Waals surface area contributed by atoms with E-state index in [2.05, 4.69) is 36.4 Å². The van der Waals surface area contributed by atoms with E-state index < -0.39 is 0 Å². The van der Waals surface area contributed by atoms with Gasteiger partial charge in [0, 0.05) is 30.6 Å². The van der Waals surface area contributed by atoms with Crippen molar-refractivity contribution in [2.45, 2.75) is 12.5 Å². The lowest BCUT2D eigenvalue weighted by atomic mass is 9.90. The number of hydrogen-bond donors (Lipinski definition) is 1. The average Bonchev–Trinajstić information content (AvgIpc) is 2.18. The van der Waals surface area contributed by atoms with Crippen molar-refractivity contribution in [2.24, 2.45) is 0 Å². The highest BCUT2D eigenvalue weighted by atomic mass is 35.5. The lowest BCUT2D eigenvalue weighted by Gasteiger charge is -2.28. The molecule has 15 heavy (non-hydrogen) atoms. The van der Waals surface area contributed by atoms with Crippen molar-refractivity contribution >= 4 is 11.6 Å². The molecule has 0 amide bonds. The zero-order valence-corrected chi connectivity index (χ0v) is 10.0.